The number of para-hydroxylation sites is 1. The lowest BCUT2D eigenvalue weighted by molar-refractivity contribution is 0.869. The number of aromatic nitrogens is 2. The zero-order chi connectivity index (χ0) is 16.4. The highest BCUT2D eigenvalue weighted by Crippen LogP contribution is 2.33. The van der Waals surface area contributed by atoms with Crippen molar-refractivity contribution in [3.05, 3.63) is 78.1 Å². The zero-order valence-corrected chi connectivity index (χ0v) is 13.7. The van der Waals surface area contributed by atoms with Gasteiger partial charge in [-0.1, -0.05) is 48.5 Å². The van der Waals surface area contributed by atoms with Gasteiger partial charge in [-0.25, -0.2) is 9.97 Å². The van der Waals surface area contributed by atoms with Gasteiger partial charge < -0.3 is 10.2 Å². The first kappa shape index (κ1) is 14.7. The maximum absolute atomic E-state index is 4.48. The number of benzene rings is 2. The molecular formula is C20H20N4. The molecule has 4 heteroatoms. The highest BCUT2D eigenvalue weighted by Gasteiger charge is 2.21. The molecule has 4 rings (SSSR count). The van der Waals surface area contributed by atoms with Gasteiger partial charge in [-0.3, -0.25) is 0 Å². The van der Waals surface area contributed by atoms with Gasteiger partial charge in [0, 0.05) is 24.3 Å². The lowest BCUT2D eigenvalue weighted by atomic mass is 10.1. The van der Waals surface area contributed by atoms with E-state index < -0.39 is 0 Å². The van der Waals surface area contributed by atoms with Gasteiger partial charge in [0.25, 0.3) is 0 Å². The van der Waals surface area contributed by atoms with Gasteiger partial charge in [0.05, 0.1) is 0 Å². The molecule has 1 N–H and O–H groups in total. The Hall–Kier alpha value is -2.88. The smallest absolute Gasteiger partial charge is 0.138 e. The average Bonchev–Trinajstić information content (AvgIpc) is 3.07. The van der Waals surface area contributed by atoms with Crippen molar-refractivity contribution in [3.63, 3.8) is 0 Å². The molecule has 4 nitrogen and oxygen atoms in total. The van der Waals surface area contributed by atoms with Gasteiger partial charge in [-0.2, -0.15) is 0 Å². The Kier molecular flexibility index (Phi) is 3.87. The van der Waals surface area contributed by atoms with E-state index in [1.54, 1.807) is 6.33 Å². The summed E-state index contributed by atoms with van der Waals surface area (Å²) in [4.78, 5) is 11.1. The first-order valence-electron chi connectivity index (χ1n) is 8.30. The Morgan fingerprint density at radius 1 is 1.00 bits per heavy atom. The molecule has 0 radical (unpaired) electrons. The second kappa shape index (κ2) is 6.32. The standard InChI is InChI=1S/C20H20N4/c1-15(16-7-3-2-4-8-16)23-19-13-20(22-14-21-19)24-12-11-17-9-5-6-10-18(17)24/h2-10,13-15H,11-12H2,1H3,(H,21,22,23). The fourth-order valence-electron chi connectivity index (χ4n) is 3.20. The summed E-state index contributed by atoms with van der Waals surface area (Å²) in [5, 5.41) is 3.47. The van der Waals surface area contributed by atoms with Crippen molar-refractivity contribution < 1.29 is 0 Å². The number of hydrogen-bond donors (Lipinski definition) is 1. The summed E-state index contributed by atoms with van der Waals surface area (Å²) in [6, 6.07) is 21.1. The Bertz CT molecular complexity index is 832. The highest BCUT2D eigenvalue weighted by molar-refractivity contribution is 5.68. The second-order valence-corrected chi connectivity index (χ2v) is 6.07. The van der Waals surface area contributed by atoms with Crippen LogP contribution in [0.25, 0.3) is 0 Å². The fourth-order valence-corrected chi connectivity index (χ4v) is 3.20. The van der Waals surface area contributed by atoms with Crippen LogP contribution in [0.15, 0.2) is 67.0 Å². The van der Waals surface area contributed by atoms with E-state index >= 15 is 0 Å². The first-order chi connectivity index (χ1) is 11.8. The SMILES string of the molecule is CC(Nc1cc(N2CCc3ccccc32)ncn1)c1ccccc1. The molecule has 24 heavy (non-hydrogen) atoms. The van der Waals surface area contributed by atoms with Crippen molar-refractivity contribution >= 4 is 17.3 Å². The highest BCUT2D eigenvalue weighted by atomic mass is 15.2. The largest absolute Gasteiger partial charge is 0.363 e. The molecule has 3 aromatic rings. The summed E-state index contributed by atoms with van der Waals surface area (Å²) in [5.41, 5.74) is 3.87. The third-order valence-corrected chi connectivity index (χ3v) is 4.48. The van der Waals surface area contributed by atoms with Gasteiger partial charge >= 0.3 is 0 Å². The maximum atomic E-state index is 4.48. The predicted octanol–water partition coefficient (Wildman–Crippen LogP) is 4.34. The minimum absolute atomic E-state index is 0.194. The number of nitrogens with zero attached hydrogens (tertiary/aromatic N) is 3. The Balaban J connectivity index is 1.57. The van der Waals surface area contributed by atoms with E-state index in [0.29, 0.717) is 0 Å². The van der Waals surface area contributed by atoms with E-state index in [9.17, 15) is 0 Å². The summed E-state index contributed by atoms with van der Waals surface area (Å²) >= 11 is 0. The lowest BCUT2D eigenvalue weighted by Gasteiger charge is -2.20. The van der Waals surface area contributed by atoms with Crippen LogP contribution < -0.4 is 10.2 Å². The molecule has 1 aliphatic heterocycles. The summed E-state index contributed by atoms with van der Waals surface area (Å²) in [5.74, 6) is 1.79. The van der Waals surface area contributed by atoms with Gasteiger partial charge in [-0.05, 0) is 30.5 Å². The number of rotatable bonds is 4. The molecule has 0 spiro atoms. The molecule has 1 aromatic heterocycles. The monoisotopic (exact) mass is 316 g/mol. The maximum Gasteiger partial charge on any atom is 0.138 e. The Morgan fingerprint density at radius 2 is 1.79 bits per heavy atom. The minimum Gasteiger partial charge on any atom is -0.363 e. The van der Waals surface area contributed by atoms with Crippen LogP contribution in [0.4, 0.5) is 17.3 Å². The molecule has 0 aliphatic carbocycles. The lowest BCUT2D eigenvalue weighted by Crippen LogP contribution is -2.16. The van der Waals surface area contributed by atoms with Crippen molar-refractivity contribution in [2.45, 2.75) is 19.4 Å². The van der Waals surface area contributed by atoms with Crippen LogP contribution in [0.5, 0.6) is 0 Å². The van der Waals surface area contributed by atoms with E-state index in [1.807, 2.05) is 12.1 Å². The average molecular weight is 316 g/mol. The van der Waals surface area contributed by atoms with Crippen molar-refractivity contribution in [2.24, 2.45) is 0 Å². The number of anilines is 3. The quantitative estimate of drug-likeness (QED) is 0.777. The van der Waals surface area contributed by atoms with Crippen LogP contribution in [0.2, 0.25) is 0 Å². The van der Waals surface area contributed by atoms with E-state index in [-0.39, 0.29) is 6.04 Å². The molecule has 0 amide bonds. The number of nitrogens with one attached hydrogen (secondary N) is 1. The normalized spacial score (nSPS) is 14.3. The van der Waals surface area contributed by atoms with Crippen molar-refractivity contribution in [2.75, 3.05) is 16.8 Å². The summed E-state index contributed by atoms with van der Waals surface area (Å²) < 4.78 is 0. The summed E-state index contributed by atoms with van der Waals surface area (Å²) in [6.07, 6.45) is 2.69. The van der Waals surface area contributed by atoms with Gasteiger partial charge in [-0.15, -0.1) is 0 Å². The third kappa shape index (κ3) is 2.83. The summed E-state index contributed by atoms with van der Waals surface area (Å²) in [7, 11) is 0. The molecule has 0 saturated carbocycles. The molecule has 0 fully saturated rings. The van der Waals surface area contributed by atoms with Crippen LogP contribution in [0.1, 0.15) is 24.1 Å². The fraction of sp³-hybridized carbons (Fsp3) is 0.200. The molecule has 1 aliphatic rings. The van der Waals surface area contributed by atoms with Crippen LogP contribution in [-0.2, 0) is 6.42 Å². The van der Waals surface area contributed by atoms with Crippen LogP contribution >= 0.6 is 0 Å². The van der Waals surface area contributed by atoms with Gasteiger partial charge in [0.2, 0.25) is 0 Å². The topological polar surface area (TPSA) is 41.0 Å². The predicted molar refractivity (Wildman–Crippen MR) is 97.7 cm³/mol. The van der Waals surface area contributed by atoms with Crippen molar-refractivity contribution in [1.29, 1.82) is 0 Å². The molecule has 1 atom stereocenters. The Labute approximate surface area is 142 Å². The van der Waals surface area contributed by atoms with Gasteiger partial charge in [0.1, 0.15) is 18.0 Å². The second-order valence-electron chi connectivity index (χ2n) is 6.07. The van der Waals surface area contributed by atoms with Crippen LogP contribution in [0, 0.1) is 0 Å². The third-order valence-electron chi connectivity index (χ3n) is 4.48. The van der Waals surface area contributed by atoms with E-state index in [1.165, 1.54) is 16.8 Å². The minimum atomic E-state index is 0.194. The molecule has 1 unspecified atom stereocenters. The molecule has 2 heterocycles. The molecule has 0 bridgehead atoms. The molecular weight excluding hydrogens is 296 g/mol. The van der Waals surface area contributed by atoms with Gasteiger partial charge in [0.15, 0.2) is 0 Å². The Morgan fingerprint density at radius 3 is 2.67 bits per heavy atom. The molecule has 0 saturated heterocycles. The van der Waals surface area contributed by atoms with Crippen LogP contribution in [-0.4, -0.2) is 16.5 Å². The van der Waals surface area contributed by atoms with E-state index in [4.69, 9.17) is 0 Å². The van der Waals surface area contributed by atoms with Crippen LogP contribution in [0.3, 0.4) is 0 Å². The first-order valence-corrected chi connectivity index (χ1v) is 8.30. The van der Waals surface area contributed by atoms with Crippen molar-refractivity contribution in [3.8, 4) is 0 Å². The number of hydrogen-bond acceptors (Lipinski definition) is 4. The zero-order valence-electron chi connectivity index (χ0n) is 13.7. The molecule has 120 valence electrons. The summed E-state index contributed by atoms with van der Waals surface area (Å²) in [6.45, 7) is 3.10. The van der Waals surface area contributed by atoms with E-state index in [2.05, 4.69) is 75.6 Å². The number of fused-ring (bicyclic) bond motifs is 1. The van der Waals surface area contributed by atoms with E-state index in [0.717, 1.165) is 24.6 Å². The molecule has 2 aromatic carbocycles. The van der Waals surface area contributed by atoms with Crippen molar-refractivity contribution in [1.82, 2.24) is 9.97 Å².